The molecule has 3 rings (SSSR count). The first-order chi connectivity index (χ1) is 13.5. The predicted molar refractivity (Wildman–Crippen MR) is 104 cm³/mol. The number of carbonyl (C=O) groups excluding carboxylic acids is 2. The van der Waals surface area contributed by atoms with Crippen LogP contribution in [-0.4, -0.2) is 43.5 Å². The molecule has 1 N–H and O–H groups in total. The molecule has 0 aromatic heterocycles. The van der Waals surface area contributed by atoms with Crippen molar-refractivity contribution in [3.8, 4) is 0 Å². The van der Waals surface area contributed by atoms with Crippen LogP contribution in [0.2, 0.25) is 0 Å². The zero-order chi connectivity index (χ0) is 20.1. The molecule has 28 heavy (non-hydrogen) atoms. The van der Waals surface area contributed by atoms with Crippen LogP contribution in [0.5, 0.6) is 0 Å². The van der Waals surface area contributed by atoms with Crippen molar-refractivity contribution in [3.05, 3.63) is 33.9 Å². The topological polar surface area (TPSA) is 102 Å². The molecule has 8 nitrogen and oxygen atoms in total. The molecule has 2 fully saturated rings. The monoisotopic (exact) mass is 389 g/mol. The Balaban J connectivity index is 1.69. The number of methoxy groups -OCH3 is 1. The van der Waals surface area contributed by atoms with Gasteiger partial charge in [-0.1, -0.05) is 12.8 Å². The lowest BCUT2D eigenvalue weighted by Crippen LogP contribution is -2.37. The van der Waals surface area contributed by atoms with Gasteiger partial charge < -0.3 is 15.0 Å². The fourth-order valence-electron chi connectivity index (χ4n) is 4.28. The molecule has 2 aliphatic rings. The highest BCUT2D eigenvalue weighted by Gasteiger charge is 2.32. The minimum atomic E-state index is -0.432. The lowest BCUT2D eigenvalue weighted by Gasteiger charge is -2.29. The molecule has 1 saturated heterocycles. The average molecular weight is 389 g/mol. The third kappa shape index (κ3) is 4.43. The van der Waals surface area contributed by atoms with Gasteiger partial charge >= 0.3 is 5.97 Å². The molecule has 0 radical (unpaired) electrons. The van der Waals surface area contributed by atoms with Gasteiger partial charge in [-0.2, -0.15) is 0 Å². The number of amides is 1. The van der Waals surface area contributed by atoms with Crippen molar-refractivity contribution in [1.82, 2.24) is 5.32 Å². The molecular formula is C20H27N3O5. The van der Waals surface area contributed by atoms with Crippen LogP contribution in [-0.2, 0) is 9.53 Å². The van der Waals surface area contributed by atoms with Gasteiger partial charge in [0.05, 0.1) is 18.0 Å². The molecule has 1 heterocycles. The van der Waals surface area contributed by atoms with Gasteiger partial charge in [0.25, 0.3) is 11.6 Å². The highest BCUT2D eigenvalue weighted by molar-refractivity contribution is 5.95. The Labute approximate surface area is 164 Å². The largest absolute Gasteiger partial charge is 0.469 e. The number of carbonyl (C=O) groups is 2. The van der Waals surface area contributed by atoms with E-state index in [1.54, 1.807) is 12.1 Å². The first-order valence-corrected chi connectivity index (χ1v) is 9.90. The van der Waals surface area contributed by atoms with Crippen molar-refractivity contribution in [2.75, 3.05) is 31.6 Å². The number of hydrogen-bond acceptors (Lipinski definition) is 6. The van der Waals surface area contributed by atoms with E-state index in [1.165, 1.54) is 13.2 Å². The second kappa shape index (κ2) is 9.03. The fourth-order valence-corrected chi connectivity index (χ4v) is 4.28. The van der Waals surface area contributed by atoms with E-state index in [2.05, 4.69) is 5.32 Å². The molecule has 1 aliphatic carbocycles. The number of ether oxygens (including phenoxy) is 1. The molecule has 0 bridgehead atoms. The van der Waals surface area contributed by atoms with Crippen molar-refractivity contribution in [2.24, 2.45) is 11.8 Å². The van der Waals surface area contributed by atoms with E-state index >= 15 is 0 Å². The first-order valence-electron chi connectivity index (χ1n) is 9.90. The zero-order valence-corrected chi connectivity index (χ0v) is 16.2. The van der Waals surface area contributed by atoms with Crippen LogP contribution >= 0.6 is 0 Å². The first kappa shape index (κ1) is 20.1. The quantitative estimate of drug-likeness (QED) is 0.456. The maximum Gasteiger partial charge on any atom is 0.309 e. The van der Waals surface area contributed by atoms with Crippen LogP contribution in [0.1, 0.15) is 48.9 Å². The van der Waals surface area contributed by atoms with Gasteiger partial charge in [0.2, 0.25) is 0 Å². The number of nitro groups is 1. The Kier molecular flexibility index (Phi) is 6.49. The number of hydrogen-bond donors (Lipinski definition) is 1. The second-order valence-corrected chi connectivity index (χ2v) is 7.54. The van der Waals surface area contributed by atoms with Gasteiger partial charge in [-0.15, -0.1) is 0 Å². The average Bonchev–Trinajstić information content (AvgIpc) is 3.25. The summed E-state index contributed by atoms with van der Waals surface area (Å²) in [4.78, 5) is 37.6. The summed E-state index contributed by atoms with van der Waals surface area (Å²) < 4.78 is 4.88. The highest BCUT2D eigenvalue weighted by atomic mass is 16.6. The molecule has 2 unspecified atom stereocenters. The van der Waals surface area contributed by atoms with Gasteiger partial charge in [0.1, 0.15) is 5.69 Å². The van der Waals surface area contributed by atoms with Crippen LogP contribution in [0, 0.1) is 22.0 Å². The number of anilines is 1. The van der Waals surface area contributed by atoms with E-state index in [1.807, 2.05) is 4.90 Å². The summed E-state index contributed by atoms with van der Waals surface area (Å²) in [5.74, 6) is -0.759. The molecule has 152 valence electrons. The lowest BCUT2D eigenvalue weighted by molar-refractivity contribution is -0.384. The van der Waals surface area contributed by atoms with Crippen LogP contribution < -0.4 is 10.2 Å². The number of nitrogens with zero attached hydrogens (tertiary/aromatic N) is 2. The maximum atomic E-state index is 12.6. The molecule has 1 aromatic rings. The minimum Gasteiger partial charge on any atom is -0.469 e. The summed E-state index contributed by atoms with van der Waals surface area (Å²) in [6.45, 7) is 1.95. The Hall–Kier alpha value is -2.64. The van der Waals surface area contributed by atoms with Crippen LogP contribution in [0.25, 0.3) is 0 Å². The lowest BCUT2D eigenvalue weighted by atomic mass is 9.79. The van der Waals surface area contributed by atoms with E-state index in [9.17, 15) is 19.7 Å². The molecule has 8 heteroatoms. The van der Waals surface area contributed by atoms with E-state index in [4.69, 9.17) is 4.74 Å². The number of nitro benzene ring substituents is 1. The van der Waals surface area contributed by atoms with Gasteiger partial charge in [-0.25, -0.2) is 0 Å². The summed E-state index contributed by atoms with van der Waals surface area (Å²) in [5.41, 5.74) is 0.789. The fraction of sp³-hybridized carbons (Fsp3) is 0.600. The smallest absolute Gasteiger partial charge is 0.309 e. The summed E-state index contributed by atoms with van der Waals surface area (Å²) >= 11 is 0. The highest BCUT2D eigenvalue weighted by Crippen LogP contribution is 2.32. The van der Waals surface area contributed by atoms with Gasteiger partial charge in [0, 0.05) is 31.3 Å². The Morgan fingerprint density at radius 2 is 1.93 bits per heavy atom. The number of benzene rings is 1. The van der Waals surface area contributed by atoms with Crippen LogP contribution in [0.3, 0.4) is 0 Å². The Bertz CT molecular complexity index is 745. The summed E-state index contributed by atoms with van der Waals surface area (Å²) in [6, 6.07) is 4.65. The number of esters is 1. The SMILES string of the molecule is COC(=O)C1CCCCC1CNC(=O)c1ccc(N2CCCC2)c([N+](=O)[O-])c1. The van der Waals surface area contributed by atoms with Crippen molar-refractivity contribution in [2.45, 2.75) is 38.5 Å². The van der Waals surface area contributed by atoms with Crippen molar-refractivity contribution in [3.63, 3.8) is 0 Å². The summed E-state index contributed by atoms with van der Waals surface area (Å²) in [5, 5.41) is 14.4. The van der Waals surface area contributed by atoms with Crippen LogP contribution in [0.15, 0.2) is 18.2 Å². The van der Waals surface area contributed by atoms with E-state index < -0.39 is 4.92 Å². The third-order valence-electron chi connectivity index (χ3n) is 5.82. The molecular weight excluding hydrogens is 362 g/mol. The Morgan fingerprint density at radius 1 is 1.21 bits per heavy atom. The summed E-state index contributed by atoms with van der Waals surface area (Å²) in [7, 11) is 1.38. The Morgan fingerprint density at radius 3 is 2.61 bits per heavy atom. The molecule has 1 aliphatic heterocycles. The van der Waals surface area contributed by atoms with Gasteiger partial charge in [-0.3, -0.25) is 19.7 Å². The molecule has 1 aromatic carbocycles. The van der Waals surface area contributed by atoms with E-state index in [0.717, 1.165) is 51.6 Å². The van der Waals surface area contributed by atoms with Crippen molar-refractivity contribution < 1.29 is 19.2 Å². The normalized spacial score (nSPS) is 22.0. The standard InChI is InChI=1S/C20H27N3O5/c1-28-20(25)16-7-3-2-6-15(16)13-21-19(24)14-8-9-17(18(12-14)23(26)27)22-10-4-5-11-22/h8-9,12,15-16H,2-7,10-11,13H2,1H3,(H,21,24). The maximum absolute atomic E-state index is 12.6. The van der Waals surface area contributed by atoms with Crippen molar-refractivity contribution >= 4 is 23.3 Å². The van der Waals surface area contributed by atoms with Crippen LogP contribution in [0.4, 0.5) is 11.4 Å². The van der Waals surface area contributed by atoms with E-state index in [0.29, 0.717) is 12.2 Å². The number of nitrogens with one attached hydrogen (secondary N) is 1. The minimum absolute atomic E-state index is 0.0315. The van der Waals surface area contributed by atoms with Crippen molar-refractivity contribution in [1.29, 1.82) is 0 Å². The number of rotatable bonds is 6. The zero-order valence-electron chi connectivity index (χ0n) is 16.2. The second-order valence-electron chi connectivity index (χ2n) is 7.54. The van der Waals surface area contributed by atoms with Gasteiger partial charge in [0.15, 0.2) is 0 Å². The van der Waals surface area contributed by atoms with Gasteiger partial charge in [-0.05, 0) is 43.7 Å². The van der Waals surface area contributed by atoms with E-state index in [-0.39, 0.29) is 35.0 Å². The summed E-state index contributed by atoms with van der Waals surface area (Å²) in [6.07, 6.45) is 5.65. The molecule has 2 atom stereocenters. The predicted octanol–water partition coefficient (Wildman–Crippen LogP) is 2.90. The molecule has 1 saturated carbocycles. The molecule has 1 amide bonds. The third-order valence-corrected chi connectivity index (χ3v) is 5.82. The molecule has 0 spiro atoms.